The largest absolute Gasteiger partial charge is 0.489 e. The van der Waals surface area contributed by atoms with Crippen LogP contribution < -0.4 is 9.47 Å². The van der Waals surface area contributed by atoms with Crippen LogP contribution >= 0.6 is 11.6 Å². The Balaban J connectivity index is 1.64. The van der Waals surface area contributed by atoms with Crippen molar-refractivity contribution < 1.29 is 19.0 Å². The van der Waals surface area contributed by atoms with Gasteiger partial charge in [-0.05, 0) is 54.5 Å². The predicted molar refractivity (Wildman–Crippen MR) is 114 cm³/mol. The van der Waals surface area contributed by atoms with Crippen LogP contribution in [0.3, 0.4) is 0 Å². The van der Waals surface area contributed by atoms with Gasteiger partial charge in [0.25, 0.3) is 0 Å². The second-order valence-electron chi connectivity index (χ2n) is 6.12. The first-order valence-corrected chi connectivity index (χ1v) is 9.61. The molecule has 0 unspecified atom stereocenters. The Kier molecular flexibility index (Phi) is 7.31. The van der Waals surface area contributed by atoms with Crippen molar-refractivity contribution in [3.8, 4) is 17.2 Å². The lowest BCUT2D eigenvalue weighted by molar-refractivity contribution is -0.137. The van der Waals surface area contributed by atoms with Gasteiger partial charge in [0, 0.05) is 12.1 Å². The number of carbonyl (C=O) groups excluding carboxylic acids is 1. The maximum absolute atomic E-state index is 11.4. The zero-order chi connectivity index (χ0) is 20.5. The van der Waals surface area contributed by atoms with E-state index in [1.165, 1.54) is 6.08 Å². The molecule has 0 aliphatic rings. The molecule has 0 atom stereocenters. The molecule has 0 aliphatic carbocycles. The van der Waals surface area contributed by atoms with E-state index in [0.29, 0.717) is 41.0 Å². The summed E-state index contributed by atoms with van der Waals surface area (Å²) in [5.41, 5.74) is 1.80. The lowest BCUT2D eigenvalue weighted by atomic mass is 10.2. The number of hydrogen-bond donors (Lipinski definition) is 0. The number of halogens is 1. The summed E-state index contributed by atoms with van der Waals surface area (Å²) in [4.78, 5) is 11.4. The van der Waals surface area contributed by atoms with Gasteiger partial charge in [0.2, 0.25) is 0 Å². The van der Waals surface area contributed by atoms with Crippen LogP contribution in [0.15, 0.2) is 78.9 Å². The maximum Gasteiger partial charge on any atom is 0.330 e. The standard InChI is InChI=1S/C24H21ClO4/c1-2-27-24(26)14-12-19-11-13-22(16-23(19)25)29-21-10-6-9-20(15-21)28-17-18-7-4-3-5-8-18/h3-16H,2,17H2,1H3/b14-12+. The van der Waals surface area contributed by atoms with Crippen LogP contribution in [0, 0.1) is 0 Å². The zero-order valence-corrected chi connectivity index (χ0v) is 16.8. The van der Waals surface area contributed by atoms with Gasteiger partial charge < -0.3 is 14.2 Å². The lowest BCUT2D eigenvalue weighted by Crippen LogP contribution is -1.98. The molecule has 0 saturated heterocycles. The summed E-state index contributed by atoms with van der Waals surface area (Å²) in [7, 11) is 0. The topological polar surface area (TPSA) is 44.8 Å². The number of hydrogen-bond acceptors (Lipinski definition) is 4. The minimum absolute atomic E-state index is 0.331. The Labute approximate surface area is 175 Å². The highest BCUT2D eigenvalue weighted by molar-refractivity contribution is 6.32. The lowest BCUT2D eigenvalue weighted by Gasteiger charge is -2.10. The van der Waals surface area contributed by atoms with E-state index in [4.69, 9.17) is 25.8 Å². The maximum atomic E-state index is 11.4. The van der Waals surface area contributed by atoms with E-state index < -0.39 is 5.97 Å². The first-order chi connectivity index (χ1) is 14.1. The van der Waals surface area contributed by atoms with Gasteiger partial charge in [-0.2, -0.15) is 0 Å². The highest BCUT2D eigenvalue weighted by Crippen LogP contribution is 2.29. The summed E-state index contributed by atoms with van der Waals surface area (Å²) >= 11 is 6.30. The van der Waals surface area contributed by atoms with Gasteiger partial charge in [-0.1, -0.05) is 48.0 Å². The second kappa shape index (κ2) is 10.3. The van der Waals surface area contributed by atoms with E-state index in [1.54, 1.807) is 31.2 Å². The molecule has 0 N–H and O–H groups in total. The van der Waals surface area contributed by atoms with Crippen LogP contribution in [0.5, 0.6) is 17.2 Å². The number of rotatable bonds is 8. The van der Waals surface area contributed by atoms with Crippen LogP contribution in [0.2, 0.25) is 5.02 Å². The molecule has 0 fully saturated rings. The summed E-state index contributed by atoms with van der Waals surface area (Å²) in [6.07, 6.45) is 2.96. The molecule has 3 aromatic carbocycles. The highest BCUT2D eigenvalue weighted by atomic mass is 35.5. The normalized spacial score (nSPS) is 10.7. The molecule has 0 heterocycles. The van der Waals surface area contributed by atoms with Gasteiger partial charge in [-0.15, -0.1) is 0 Å². The summed E-state index contributed by atoms with van der Waals surface area (Å²) in [5, 5.41) is 0.472. The van der Waals surface area contributed by atoms with Crippen molar-refractivity contribution >= 4 is 23.6 Å². The van der Waals surface area contributed by atoms with E-state index in [2.05, 4.69) is 0 Å². The number of esters is 1. The molecule has 3 aromatic rings. The van der Waals surface area contributed by atoms with Gasteiger partial charge >= 0.3 is 5.97 Å². The molecule has 0 spiro atoms. The van der Waals surface area contributed by atoms with Crippen molar-refractivity contribution in [3.63, 3.8) is 0 Å². The fourth-order valence-corrected chi connectivity index (χ4v) is 2.79. The van der Waals surface area contributed by atoms with Crippen molar-refractivity contribution in [1.82, 2.24) is 0 Å². The van der Waals surface area contributed by atoms with Gasteiger partial charge in [0.05, 0.1) is 11.6 Å². The second-order valence-corrected chi connectivity index (χ2v) is 6.53. The molecular formula is C24H21ClO4. The molecule has 4 nitrogen and oxygen atoms in total. The average molecular weight is 409 g/mol. The number of ether oxygens (including phenoxy) is 3. The van der Waals surface area contributed by atoms with E-state index in [0.717, 1.165) is 5.56 Å². The molecule has 0 aromatic heterocycles. The minimum atomic E-state index is -0.406. The molecule has 0 amide bonds. The van der Waals surface area contributed by atoms with Crippen molar-refractivity contribution in [2.75, 3.05) is 6.61 Å². The molecule has 5 heteroatoms. The van der Waals surface area contributed by atoms with Crippen LogP contribution in [-0.4, -0.2) is 12.6 Å². The summed E-state index contributed by atoms with van der Waals surface area (Å²) in [6.45, 7) is 2.57. The van der Waals surface area contributed by atoms with Gasteiger partial charge in [-0.25, -0.2) is 4.79 Å². The number of carbonyl (C=O) groups is 1. The van der Waals surface area contributed by atoms with Crippen molar-refractivity contribution in [3.05, 3.63) is 95.0 Å². The smallest absolute Gasteiger partial charge is 0.330 e. The highest BCUT2D eigenvalue weighted by Gasteiger charge is 2.05. The van der Waals surface area contributed by atoms with E-state index in [1.807, 2.05) is 54.6 Å². The predicted octanol–water partition coefficient (Wildman–Crippen LogP) is 6.29. The monoisotopic (exact) mass is 408 g/mol. The van der Waals surface area contributed by atoms with Crippen molar-refractivity contribution in [2.24, 2.45) is 0 Å². The van der Waals surface area contributed by atoms with Crippen LogP contribution in [0.25, 0.3) is 6.08 Å². The third kappa shape index (κ3) is 6.40. The molecule has 0 saturated carbocycles. The molecule has 148 valence electrons. The van der Waals surface area contributed by atoms with Crippen LogP contribution in [0.1, 0.15) is 18.1 Å². The molecular weight excluding hydrogens is 388 g/mol. The van der Waals surface area contributed by atoms with Crippen molar-refractivity contribution in [1.29, 1.82) is 0 Å². The summed E-state index contributed by atoms with van der Waals surface area (Å²) in [6, 6.07) is 22.6. The van der Waals surface area contributed by atoms with Gasteiger partial charge in [-0.3, -0.25) is 0 Å². The fraction of sp³-hybridized carbons (Fsp3) is 0.125. The average Bonchev–Trinajstić information content (AvgIpc) is 2.73. The van der Waals surface area contributed by atoms with Crippen molar-refractivity contribution in [2.45, 2.75) is 13.5 Å². The molecule has 29 heavy (non-hydrogen) atoms. The fourth-order valence-electron chi connectivity index (χ4n) is 2.56. The summed E-state index contributed by atoms with van der Waals surface area (Å²) in [5.74, 6) is 1.53. The first-order valence-electron chi connectivity index (χ1n) is 9.23. The Morgan fingerprint density at radius 1 is 0.931 bits per heavy atom. The molecule has 0 radical (unpaired) electrons. The Hall–Kier alpha value is -3.24. The minimum Gasteiger partial charge on any atom is -0.489 e. The quantitative estimate of drug-likeness (QED) is 0.324. The molecule has 0 bridgehead atoms. The van der Waals surface area contributed by atoms with E-state index in [-0.39, 0.29) is 0 Å². The summed E-state index contributed by atoms with van der Waals surface area (Å²) < 4.78 is 16.6. The third-order valence-electron chi connectivity index (χ3n) is 3.95. The Bertz CT molecular complexity index is 983. The Morgan fingerprint density at radius 2 is 1.69 bits per heavy atom. The number of benzene rings is 3. The Morgan fingerprint density at radius 3 is 2.45 bits per heavy atom. The first kappa shape index (κ1) is 20.5. The van der Waals surface area contributed by atoms with Crippen LogP contribution in [-0.2, 0) is 16.1 Å². The molecule has 0 aliphatic heterocycles. The van der Waals surface area contributed by atoms with E-state index in [9.17, 15) is 4.79 Å². The molecule has 3 rings (SSSR count). The SMILES string of the molecule is CCOC(=O)/C=C/c1ccc(Oc2cccc(OCc3ccccc3)c2)cc1Cl. The van der Waals surface area contributed by atoms with Crippen LogP contribution in [0.4, 0.5) is 0 Å². The van der Waals surface area contributed by atoms with Gasteiger partial charge in [0.1, 0.15) is 23.9 Å². The zero-order valence-electron chi connectivity index (χ0n) is 16.0. The van der Waals surface area contributed by atoms with E-state index >= 15 is 0 Å². The van der Waals surface area contributed by atoms with Gasteiger partial charge in [0.15, 0.2) is 0 Å². The third-order valence-corrected chi connectivity index (χ3v) is 4.27.